The van der Waals surface area contributed by atoms with Crippen molar-refractivity contribution >= 4 is 64.7 Å². The van der Waals surface area contributed by atoms with Crippen molar-refractivity contribution in [2.75, 3.05) is 0 Å². The summed E-state index contributed by atoms with van der Waals surface area (Å²) >= 11 is 1.87. The Hall–Kier alpha value is -6.36. The molecule has 238 valence electrons. The highest BCUT2D eigenvalue weighted by atomic mass is 32.1. The minimum absolute atomic E-state index is 0.328. The number of thiophene rings is 1. The Morgan fingerprint density at radius 3 is 1.92 bits per heavy atom. The van der Waals surface area contributed by atoms with E-state index < -0.39 is 0 Å². The molecule has 8 aromatic carbocycles. The fourth-order valence-electron chi connectivity index (χ4n) is 8.11. The first-order valence-electron chi connectivity index (χ1n) is 17.4. The van der Waals surface area contributed by atoms with Crippen LogP contribution in [0, 0.1) is 0 Å². The first-order valence-corrected chi connectivity index (χ1v) is 18.2. The Labute approximate surface area is 298 Å². The summed E-state index contributed by atoms with van der Waals surface area (Å²) < 4.78 is 2.57. The summed E-state index contributed by atoms with van der Waals surface area (Å²) in [4.78, 5) is 10.6. The lowest BCUT2D eigenvalue weighted by atomic mass is 9.95. The second-order valence-electron chi connectivity index (χ2n) is 13.4. The predicted octanol–water partition coefficient (Wildman–Crippen LogP) is 12.2. The minimum Gasteiger partial charge on any atom is -0.344 e. The molecule has 3 nitrogen and oxygen atoms in total. The van der Waals surface area contributed by atoms with Gasteiger partial charge < -0.3 is 5.32 Å². The maximum atomic E-state index is 5.39. The molecule has 2 heterocycles. The summed E-state index contributed by atoms with van der Waals surface area (Å²) in [5.41, 5.74) is 10.9. The molecule has 1 atom stereocenters. The summed E-state index contributed by atoms with van der Waals surface area (Å²) in [6, 6.07) is 58.9. The van der Waals surface area contributed by atoms with Gasteiger partial charge >= 0.3 is 0 Å². The third kappa shape index (κ3) is 4.43. The first-order chi connectivity index (χ1) is 25.3. The quantitative estimate of drug-likeness (QED) is 0.199. The van der Waals surface area contributed by atoms with Gasteiger partial charge in [0.05, 0.1) is 0 Å². The van der Waals surface area contributed by atoms with Crippen LogP contribution in [0.5, 0.6) is 0 Å². The van der Waals surface area contributed by atoms with Gasteiger partial charge in [-0.05, 0) is 79.2 Å². The van der Waals surface area contributed by atoms with Crippen LogP contribution in [0.15, 0.2) is 174 Å². The first kappa shape index (κ1) is 28.5. The van der Waals surface area contributed by atoms with Crippen molar-refractivity contribution in [3.8, 4) is 33.4 Å². The average molecular weight is 668 g/mol. The highest BCUT2D eigenvalue weighted by Crippen LogP contribution is 2.52. The number of hydrogen-bond acceptors (Lipinski definition) is 4. The lowest BCUT2D eigenvalue weighted by Gasteiger charge is -2.24. The topological polar surface area (TPSA) is 36.8 Å². The van der Waals surface area contributed by atoms with Gasteiger partial charge in [-0.3, -0.25) is 0 Å². The highest BCUT2D eigenvalue weighted by Gasteiger charge is 2.27. The molecule has 11 rings (SSSR count). The van der Waals surface area contributed by atoms with Crippen LogP contribution in [0.4, 0.5) is 0 Å². The SMILES string of the molecule is c1ccc(C2=NC(c3ccc4cc(-c5ccccc5)ccc4c3)=NC(c3cccc4sc5cc6c7c(cccc7c5c34)-c3ccccc3-6)N2)cc1. The van der Waals surface area contributed by atoms with E-state index in [0.29, 0.717) is 0 Å². The molecule has 1 unspecified atom stereocenters. The number of nitrogens with zero attached hydrogens (tertiary/aromatic N) is 2. The van der Waals surface area contributed by atoms with Gasteiger partial charge in [0.2, 0.25) is 0 Å². The van der Waals surface area contributed by atoms with E-state index in [9.17, 15) is 0 Å². The summed E-state index contributed by atoms with van der Waals surface area (Å²) in [5, 5.41) is 11.3. The number of rotatable bonds is 4. The van der Waals surface area contributed by atoms with E-state index in [-0.39, 0.29) is 6.17 Å². The van der Waals surface area contributed by atoms with E-state index in [1.807, 2.05) is 17.4 Å². The number of benzene rings is 8. The molecule has 1 aromatic heterocycles. The lowest BCUT2D eigenvalue weighted by Crippen LogP contribution is -2.33. The molecule has 2 aliphatic rings. The third-order valence-electron chi connectivity index (χ3n) is 10.5. The fourth-order valence-corrected chi connectivity index (χ4v) is 9.31. The van der Waals surface area contributed by atoms with Crippen molar-refractivity contribution in [3.05, 3.63) is 180 Å². The van der Waals surface area contributed by atoms with Crippen molar-refractivity contribution in [2.24, 2.45) is 9.98 Å². The van der Waals surface area contributed by atoms with Gasteiger partial charge in [-0.1, -0.05) is 140 Å². The Balaban J connectivity index is 1.09. The molecule has 9 aromatic rings. The Kier molecular flexibility index (Phi) is 6.18. The highest BCUT2D eigenvalue weighted by molar-refractivity contribution is 7.26. The van der Waals surface area contributed by atoms with Crippen LogP contribution < -0.4 is 5.32 Å². The van der Waals surface area contributed by atoms with Crippen LogP contribution in [0.2, 0.25) is 0 Å². The van der Waals surface area contributed by atoms with E-state index in [1.165, 1.54) is 69.7 Å². The Morgan fingerprint density at radius 1 is 0.451 bits per heavy atom. The Morgan fingerprint density at radius 2 is 1.12 bits per heavy atom. The summed E-state index contributed by atoms with van der Waals surface area (Å²) in [6.45, 7) is 0. The molecule has 0 saturated heterocycles. The van der Waals surface area contributed by atoms with E-state index in [1.54, 1.807) is 0 Å². The number of fused-ring (bicyclic) bond motifs is 8. The summed E-state index contributed by atoms with van der Waals surface area (Å²) in [6.07, 6.45) is -0.328. The second kappa shape index (κ2) is 11.1. The zero-order valence-electron chi connectivity index (χ0n) is 27.5. The summed E-state index contributed by atoms with van der Waals surface area (Å²) in [7, 11) is 0. The molecule has 0 radical (unpaired) electrons. The average Bonchev–Trinajstić information content (AvgIpc) is 3.75. The molecule has 1 N–H and O–H groups in total. The lowest BCUT2D eigenvalue weighted by molar-refractivity contribution is 0.680. The third-order valence-corrected chi connectivity index (χ3v) is 11.6. The van der Waals surface area contributed by atoms with Crippen LogP contribution >= 0.6 is 11.3 Å². The molecule has 4 heteroatoms. The molecule has 51 heavy (non-hydrogen) atoms. The molecular formula is C47H29N3S. The van der Waals surface area contributed by atoms with Gasteiger partial charge in [-0.25, -0.2) is 9.98 Å². The second-order valence-corrected chi connectivity index (χ2v) is 14.4. The zero-order chi connectivity index (χ0) is 33.5. The van der Waals surface area contributed by atoms with Gasteiger partial charge in [0, 0.05) is 36.9 Å². The van der Waals surface area contributed by atoms with Crippen LogP contribution in [-0.4, -0.2) is 11.7 Å². The molecule has 1 aliphatic heterocycles. The molecule has 0 bridgehead atoms. The van der Waals surface area contributed by atoms with Crippen LogP contribution in [-0.2, 0) is 0 Å². The Bertz CT molecular complexity index is 2940. The van der Waals surface area contributed by atoms with E-state index in [2.05, 4.69) is 163 Å². The van der Waals surface area contributed by atoms with Crippen molar-refractivity contribution in [2.45, 2.75) is 6.17 Å². The molecule has 0 saturated carbocycles. The van der Waals surface area contributed by atoms with Gasteiger partial charge in [0.25, 0.3) is 0 Å². The number of aliphatic imine (C=N–C) groups is 2. The van der Waals surface area contributed by atoms with E-state index in [4.69, 9.17) is 9.98 Å². The zero-order valence-corrected chi connectivity index (χ0v) is 28.3. The molecule has 0 spiro atoms. The number of amidine groups is 2. The minimum atomic E-state index is -0.328. The monoisotopic (exact) mass is 667 g/mol. The maximum absolute atomic E-state index is 5.39. The van der Waals surface area contributed by atoms with E-state index in [0.717, 1.165) is 33.7 Å². The van der Waals surface area contributed by atoms with Crippen molar-refractivity contribution in [1.82, 2.24) is 5.32 Å². The summed E-state index contributed by atoms with van der Waals surface area (Å²) in [5.74, 6) is 1.55. The number of nitrogens with one attached hydrogen (secondary N) is 1. The largest absolute Gasteiger partial charge is 0.344 e. The van der Waals surface area contributed by atoms with Crippen molar-refractivity contribution in [1.29, 1.82) is 0 Å². The standard InChI is InChI=1S/C47H29N3S/c1-3-11-28(12-4-1)30-21-22-32-26-33(24-23-31(32)25-30)46-48-45(29-13-5-2-6-14-29)49-47(50-46)38-19-10-20-40-44(38)43-37-18-9-17-36-34-15-7-8-16-35(34)39(42(36)37)27-41(43)51-40/h1-27,47H,(H,48,49,50). The van der Waals surface area contributed by atoms with Crippen LogP contribution in [0.1, 0.15) is 22.9 Å². The fraction of sp³-hybridized carbons (Fsp3) is 0.0213. The maximum Gasteiger partial charge on any atom is 0.159 e. The molecular weight excluding hydrogens is 639 g/mol. The van der Waals surface area contributed by atoms with Gasteiger partial charge in [-0.2, -0.15) is 0 Å². The van der Waals surface area contributed by atoms with Crippen LogP contribution in [0.25, 0.3) is 75.1 Å². The normalized spacial score (nSPS) is 14.9. The van der Waals surface area contributed by atoms with Crippen molar-refractivity contribution < 1.29 is 0 Å². The van der Waals surface area contributed by atoms with Crippen molar-refractivity contribution in [3.63, 3.8) is 0 Å². The van der Waals surface area contributed by atoms with Gasteiger partial charge in [-0.15, -0.1) is 11.3 Å². The molecule has 0 fully saturated rings. The van der Waals surface area contributed by atoms with Crippen LogP contribution in [0.3, 0.4) is 0 Å². The number of hydrogen-bond donors (Lipinski definition) is 1. The van der Waals surface area contributed by atoms with E-state index >= 15 is 0 Å². The van der Waals surface area contributed by atoms with Gasteiger partial charge in [0.1, 0.15) is 12.0 Å². The smallest absolute Gasteiger partial charge is 0.159 e. The molecule has 0 amide bonds. The molecule has 1 aliphatic carbocycles. The van der Waals surface area contributed by atoms with Gasteiger partial charge in [0.15, 0.2) is 5.84 Å². The predicted molar refractivity (Wildman–Crippen MR) is 216 cm³/mol.